The number of benzene rings is 1. The van der Waals surface area contributed by atoms with E-state index in [0.29, 0.717) is 18.4 Å². The van der Waals surface area contributed by atoms with Crippen LogP contribution in [0.25, 0.3) is 0 Å². The molecule has 15 nitrogen and oxygen atoms in total. The van der Waals surface area contributed by atoms with Gasteiger partial charge in [-0.3, -0.25) is 33.8 Å². The van der Waals surface area contributed by atoms with Crippen LogP contribution in [0, 0.1) is 23.7 Å². The maximum Gasteiger partial charge on any atom is 0.326 e. The third-order valence-electron chi connectivity index (χ3n) is 10.1. The van der Waals surface area contributed by atoms with Gasteiger partial charge in [-0.1, -0.05) is 71.4 Å². The van der Waals surface area contributed by atoms with Crippen molar-refractivity contribution in [1.82, 2.24) is 36.1 Å². The molecule has 0 unspecified atom stereocenters. The summed E-state index contributed by atoms with van der Waals surface area (Å²) in [6, 6.07) is 2.35. The SMILES string of the molecule is CCC[C@@H](NC(=O)[C@@H]1[C@H]2CC[C@H](F)[C@H]2CN1C(=O)[C@@H](NC(=O)[C@@H](NC(=O)c1cnccn1)C(C)C)C(C)C)C(=O)C(=O)N[C@@H](Cc1ccccc1)C(=O)O. The van der Waals surface area contributed by atoms with Crippen LogP contribution in [-0.2, 0) is 35.2 Å². The van der Waals surface area contributed by atoms with Crippen molar-refractivity contribution in [2.75, 3.05) is 6.54 Å². The first kappa shape index (κ1) is 41.5. The van der Waals surface area contributed by atoms with Gasteiger partial charge in [0, 0.05) is 31.3 Å². The fourth-order valence-electron chi connectivity index (χ4n) is 7.18. The van der Waals surface area contributed by atoms with E-state index in [0.717, 1.165) is 0 Å². The number of carbonyl (C=O) groups excluding carboxylic acids is 6. The molecule has 1 saturated carbocycles. The fourth-order valence-corrected chi connectivity index (χ4v) is 7.18. The summed E-state index contributed by atoms with van der Waals surface area (Å²) in [5, 5.41) is 20.0. The van der Waals surface area contributed by atoms with Crippen molar-refractivity contribution in [3.63, 3.8) is 0 Å². The highest BCUT2D eigenvalue weighted by molar-refractivity contribution is 6.38. The minimum atomic E-state index is -1.41. The Morgan fingerprint density at radius 3 is 2.15 bits per heavy atom. The van der Waals surface area contributed by atoms with E-state index in [9.17, 15) is 38.7 Å². The minimum Gasteiger partial charge on any atom is -0.480 e. The van der Waals surface area contributed by atoms with Crippen molar-refractivity contribution in [1.29, 1.82) is 0 Å². The molecule has 8 atom stereocenters. The van der Waals surface area contributed by atoms with E-state index in [1.807, 2.05) is 0 Å². The number of hydrogen-bond donors (Lipinski definition) is 5. The van der Waals surface area contributed by atoms with Crippen LogP contribution < -0.4 is 21.3 Å². The lowest BCUT2D eigenvalue weighted by Crippen LogP contribution is -2.60. The number of hydrogen-bond acceptors (Lipinski definition) is 9. The molecule has 1 aliphatic heterocycles. The van der Waals surface area contributed by atoms with Gasteiger partial charge < -0.3 is 31.3 Å². The van der Waals surface area contributed by atoms with Crippen LogP contribution >= 0.6 is 0 Å². The van der Waals surface area contributed by atoms with Crippen LogP contribution in [0.15, 0.2) is 48.9 Å². The summed E-state index contributed by atoms with van der Waals surface area (Å²) in [7, 11) is 0. The maximum absolute atomic E-state index is 15.2. The lowest BCUT2D eigenvalue weighted by molar-refractivity contribution is -0.146. The van der Waals surface area contributed by atoms with Gasteiger partial charge in [-0.05, 0) is 42.6 Å². The van der Waals surface area contributed by atoms with Crippen LogP contribution in [0.4, 0.5) is 4.39 Å². The highest BCUT2D eigenvalue weighted by atomic mass is 19.1. The Labute approximate surface area is 313 Å². The summed E-state index contributed by atoms with van der Waals surface area (Å²) in [4.78, 5) is 103. The Bertz CT molecular complexity index is 1680. The molecule has 292 valence electrons. The van der Waals surface area contributed by atoms with Crippen LogP contribution in [0.2, 0.25) is 0 Å². The van der Waals surface area contributed by atoms with Crippen LogP contribution in [0.1, 0.15) is 76.4 Å². The first-order valence-corrected chi connectivity index (χ1v) is 18.4. The molecule has 1 aliphatic carbocycles. The largest absolute Gasteiger partial charge is 0.480 e. The number of ketones is 1. The number of likely N-dealkylation sites (tertiary alicyclic amines) is 1. The smallest absolute Gasteiger partial charge is 0.326 e. The van der Waals surface area contributed by atoms with Crippen LogP contribution in [0.3, 0.4) is 0 Å². The standard InChI is InChI=1S/C38H50FN7O8/c1-6-10-26(32(47)36(51)43-27(38(53)54)17-22-11-8-7-9-12-22)42-35(50)31-23-13-14-25(39)24(23)19-46(31)37(52)30(21(4)5)45-34(49)29(20(2)3)44-33(48)28-18-40-15-16-41-28/h7-9,11-12,15-16,18,20-21,23-27,29-31H,6,10,13-14,17,19H2,1-5H3,(H,42,50)(H,43,51)(H,44,48)(H,45,49)(H,53,54)/t23-,24-,25-,26+,27-,29-,30-,31-/m0/s1. The molecule has 0 radical (unpaired) electrons. The summed E-state index contributed by atoms with van der Waals surface area (Å²) in [5.41, 5.74) is 0.624. The van der Waals surface area contributed by atoms with Gasteiger partial charge >= 0.3 is 5.97 Å². The average molecular weight is 752 g/mol. The van der Waals surface area contributed by atoms with Crippen molar-refractivity contribution in [3.05, 3.63) is 60.2 Å². The van der Waals surface area contributed by atoms with Crippen LogP contribution in [-0.4, -0.2) is 104 Å². The number of amides is 5. The van der Waals surface area contributed by atoms with Gasteiger partial charge in [0.05, 0.1) is 12.2 Å². The van der Waals surface area contributed by atoms with E-state index in [4.69, 9.17) is 0 Å². The van der Waals surface area contributed by atoms with Crippen LogP contribution in [0.5, 0.6) is 0 Å². The number of halogens is 1. The zero-order chi connectivity index (χ0) is 39.7. The lowest BCUT2D eigenvalue weighted by Gasteiger charge is -2.34. The molecular weight excluding hydrogens is 701 g/mol. The summed E-state index contributed by atoms with van der Waals surface area (Å²) < 4.78 is 15.2. The molecule has 16 heteroatoms. The summed E-state index contributed by atoms with van der Waals surface area (Å²) >= 11 is 0. The van der Waals surface area contributed by atoms with Gasteiger partial charge in [0.1, 0.15) is 36.0 Å². The molecule has 5 N–H and O–H groups in total. The second-order valence-corrected chi connectivity index (χ2v) is 14.6. The minimum absolute atomic E-state index is 0.00287. The number of fused-ring (bicyclic) bond motifs is 1. The molecular formula is C38H50FN7O8. The number of Topliss-reactive ketones (excluding diaryl/α,β-unsaturated/α-hetero) is 1. The number of aliphatic carboxylic acids is 1. The van der Waals surface area contributed by atoms with E-state index in [1.165, 1.54) is 23.5 Å². The Balaban J connectivity index is 1.52. The van der Waals surface area contributed by atoms with E-state index < -0.39 is 101 Å². The van der Waals surface area contributed by atoms with Crippen molar-refractivity contribution in [2.24, 2.45) is 23.7 Å². The first-order chi connectivity index (χ1) is 25.6. The Morgan fingerprint density at radius 1 is 0.870 bits per heavy atom. The van der Waals surface area contributed by atoms with Crippen molar-refractivity contribution >= 4 is 41.3 Å². The summed E-state index contributed by atoms with van der Waals surface area (Å²) in [6.07, 6.45) is 3.52. The summed E-state index contributed by atoms with van der Waals surface area (Å²) in [6.45, 7) is 8.47. The molecule has 0 bridgehead atoms. The maximum atomic E-state index is 15.2. The van der Waals surface area contributed by atoms with Gasteiger partial charge in [-0.25, -0.2) is 14.2 Å². The molecule has 5 amide bonds. The molecule has 1 saturated heterocycles. The van der Waals surface area contributed by atoms with Crippen molar-refractivity contribution < 1.29 is 43.1 Å². The third kappa shape index (κ3) is 10.0. The Morgan fingerprint density at radius 2 is 1.56 bits per heavy atom. The van der Waals surface area contributed by atoms with Gasteiger partial charge in [-0.15, -0.1) is 0 Å². The van der Waals surface area contributed by atoms with Crippen molar-refractivity contribution in [2.45, 2.75) is 103 Å². The van der Waals surface area contributed by atoms with Gasteiger partial charge in [0.2, 0.25) is 23.5 Å². The number of carboxylic acid groups (broad SMARTS) is 1. The molecule has 2 aliphatic rings. The molecule has 1 aromatic carbocycles. The Kier molecular flexibility index (Phi) is 14.3. The topological polar surface area (TPSA) is 217 Å². The number of nitrogens with one attached hydrogen (secondary N) is 4. The predicted molar refractivity (Wildman–Crippen MR) is 193 cm³/mol. The predicted octanol–water partition coefficient (Wildman–Crippen LogP) is 1.61. The average Bonchev–Trinajstić information content (AvgIpc) is 3.71. The van der Waals surface area contributed by atoms with Gasteiger partial charge in [0.25, 0.3) is 11.8 Å². The molecule has 2 heterocycles. The normalized spacial score (nSPS) is 21.4. The number of carbonyl (C=O) groups is 7. The zero-order valence-electron chi connectivity index (χ0n) is 31.2. The number of carboxylic acids is 1. The number of rotatable bonds is 17. The highest BCUT2D eigenvalue weighted by Gasteiger charge is 2.55. The quantitative estimate of drug-likeness (QED) is 0.147. The molecule has 0 spiro atoms. The highest BCUT2D eigenvalue weighted by Crippen LogP contribution is 2.44. The number of nitrogens with zero attached hydrogens (tertiary/aromatic N) is 3. The fraction of sp³-hybridized carbons (Fsp3) is 0.553. The molecule has 1 aromatic heterocycles. The molecule has 54 heavy (non-hydrogen) atoms. The Hall–Kier alpha value is -5.28. The molecule has 4 rings (SSSR count). The molecule has 2 aromatic rings. The monoisotopic (exact) mass is 751 g/mol. The number of aromatic nitrogens is 2. The van der Waals surface area contributed by atoms with Gasteiger partial charge in [0.15, 0.2) is 0 Å². The lowest BCUT2D eigenvalue weighted by atomic mass is 9.92. The summed E-state index contributed by atoms with van der Waals surface area (Å²) in [5.74, 6) is -8.41. The van der Waals surface area contributed by atoms with Crippen molar-refractivity contribution in [3.8, 4) is 0 Å². The van der Waals surface area contributed by atoms with E-state index >= 15 is 4.39 Å². The first-order valence-electron chi connectivity index (χ1n) is 18.4. The molecule has 2 fully saturated rings. The van der Waals surface area contributed by atoms with E-state index in [-0.39, 0.29) is 31.5 Å². The second kappa shape index (κ2) is 18.7. The van der Waals surface area contributed by atoms with E-state index in [1.54, 1.807) is 65.0 Å². The van der Waals surface area contributed by atoms with Gasteiger partial charge in [-0.2, -0.15) is 0 Å². The number of alkyl halides is 1. The third-order valence-corrected chi connectivity index (χ3v) is 10.1. The zero-order valence-corrected chi connectivity index (χ0v) is 31.2. The van der Waals surface area contributed by atoms with E-state index in [2.05, 4.69) is 31.2 Å². The second-order valence-electron chi connectivity index (χ2n) is 14.6.